The van der Waals surface area contributed by atoms with Crippen molar-refractivity contribution in [3.8, 4) is 0 Å². The van der Waals surface area contributed by atoms with Gasteiger partial charge in [-0.3, -0.25) is 0 Å². The summed E-state index contributed by atoms with van der Waals surface area (Å²) in [6.45, 7) is 0.561. The van der Waals surface area contributed by atoms with Gasteiger partial charge in [-0.15, -0.1) is 0 Å². The van der Waals surface area contributed by atoms with Crippen LogP contribution in [0, 0.1) is 3.57 Å². The molecule has 1 aliphatic rings. The third-order valence-corrected chi connectivity index (χ3v) is 2.76. The Kier molecular flexibility index (Phi) is 2.03. The zero-order valence-corrected chi connectivity index (χ0v) is 8.75. The number of hydrogen-bond acceptors (Lipinski definition) is 2. The lowest BCUT2D eigenvalue weighted by molar-refractivity contribution is -0.130. The molecule has 3 N–H and O–H groups in total. The number of carboxylic acids is 1. The SMILES string of the molecule is O=C(O)C1=c2c(I)c[nH]c2=CCN1. The average Bonchev–Trinajstić information content (AvgIpc) is 2.48. The lowest BCUT2D eigenvalue weighted by Crippen LogP contribution is -2.40. The maximum atomic E-state index is 10.8. The first-order valence-electron chi connectivity index (χ1n) is 3.74. The number of fused-ring (bicyclic) bond motifs is 1. The first kappa shape index (κ1) is 8.61. The van der Waals surface area contributed by atoms with E-state index in [1.54, 1.807) is 6.20 Å². The van der Waals surface area contributed by atoms with E-state index in [1.165, 1.54) is 0 Å². The van der Waals surface area contributed by atoms with Crippen LogP contribution in [-0.4, -0.2) is 22.6 Å². The lowest BCUT2D eigenvalue weighted by Gasteiger charge is -2.07. The van der Waals surface area contributed by atoms with Crippen LogP contribution in [0.3, 0.4) is 0 Å². The van der Waals surface area contributed by atoms with E-state index in [-0.39, 0.29) is 5.70 Å². The Balaban J connectivity index is 2.88. The summed E-state index contributed by atoms with van der Waals surface area (Å²) in [4.78, 5) is 13.9. The topological polar surface area (TPSA) is 65.1 Å². The average molecular weight is 290 g/mol. The molecule has 2 rings (SSSR count). The number of aliphatic carboxylic acids is 1. The fourth-order valence-electron chi connectivity index (χ4n) is 1.36. The molecule has 13 heavy (non-hydrogen) atoms. The molecule has 0 saturated carbocycles. The third-order valence-electron chi connectivity index (χ3n) is 1.91. The van der Waals surface area contributed by atoms with E-state index in [2.05, 4.69) is 32.9 Å². The molecule has 4 nitrogen and oxygen atoms in total. The van der Waals surface area contributed by atoms with Crippen molar-refractivity contribution in [1.29, 1.82) is 0 Å². The second-order valence-corrected chi connectivity index (χ2v) is 3.85. The number of hydrogen-bond donors (Lipinski definition) is 3. The number of carbonyl (C=O) groups is 1. The molecule has 1 aromatic rings. The highest BCUT2D eigenvalue weighted by Crippen LogP contribution is 1.97. The molecule has 1 aliphatic heterocycles. The van der Waals surface area contributed by atoms with Crippen LogP contribution in [0.25, 0.3) is 11.8 Å². The van der Waals surface area contributed by atoms with E-state index >= 15 is 0 Å². The Morgan fingerprint density at radius 2 is 2.38 bits per heavy atom. The van der Waals surface area contributed by atoms with Gasteiger partial charge in [-0.25, -0.2) is 4.79 Å². The molecule has 0 saturated heterocycles. The van der Waals surface area contributed by atoms with E-state index in [0.717, 1.165) is 14.1 Å². The highest BCUT2D eigenvalue weighted by atomic mass is 127. The molecule has 0 atom stereocenters. The molecule has 0 aromatic carbocycles. The van der Waals surface area contributed by atoms with Crippen LogP contribution < -0.4 is 15.9 Å². The molecule has 2 heterocycles. The number of carboxylic acid groups (broad SMARTS) is 1. The van der Waals surface area contributed by atoms with Crippen LogP contribution in [0.1, 0.15) is 0 Å². The molecule has 0 radical (unpaired) electrons. The predicted molar refractivity (Wildman–Crippen MR) is 56.3 cm³/mol. The monoisotopic (exact) mass is 290 g/mol. The fraction of sp³-hybridized carbons (Fsp3) is 0.125. The number of rotatable bonds is 1. The van der Waals surface area contributed by atoms with Crippen molar-refractivity contribution in [2.75, 3.05) is 6.54 Å². The summed E-state index contributed by atoms with van der Waals surface area (Å²) < 4.78 is 0.924. The molecular formula is C8H7IN2O2. The van der Waals surface area contributed by atoms with Crippen molar-refractivity contribution < 1.29 is 9.90 Å². The highest BCUT2D eigenvalue weighted by Gasteiger charge is 2.13. The van der Waals surface area contributed by atoms with E-state index < -0.39 is 5.97 Å². The Bertz CT molecular complexity index is 475. The molecule has 0 fully saturated rings. The van der Waals surface area contributed by atoms with Crippen LogP contribution >= 0.6 is 22.6 Å². The van der Waals surface area contributed by atoms with Gasteiger partial charge in [0, 0.05) is 26.9 Å². The Hall–Kier alpha value is -0.980. The van der Waals surface area contributed by atoms with Crippen molar-refractivity contribution in [3.63, 3.8) is 0 Å². The molecule has 0 aliphatic carbocycles. The van der Waals surface area contributed by atoms with Gasteiger partial charge in [-0.05, 0) is 28.7 Å². The molecule has 0 amide bonds. The van der Waals surface area contributed by atoms with Crippen molar-refractivity contribution in [2.45, 2.75) is 0 Å². The quantitative estimate of drug-likeness (QED) is 0.593. The predicted octanol–water partition coefficient (Wildman–Crippen LogP) is -0.804. The molecule has 0 unspecified atom stereocenters. The van der Waals surface area contributed by atoms with Gasteiger partial charge in [0.2, 0.25) is 0 Å². The van der Waals surface area contributed by atoms with E-state index in [4.69, 9.17) is 5.11 Å². The van der Waals surface area contributed by atoms with Gasteiger partial charge in [0.05, 0.1) is 0 Å². The summed E-state index contributed by atoms with van der Waals surface area (Å²) in [5.41, 5.74) is 0.281. The minimum Gasteiger partial charge on any atom is -0.477 e. The van der Waals surface area contributed by atoms with Gasteiger partial charge in [0.15, 0.2) is 0 Å². The second-order valence-electron chi connectivity index (χ2n) is 2.69. The third kappa shape index (κ3) is 1.32. The van der Waals surface area contributed by atoms with E-state index in [0.29, 0.717) is 6.54 Å². The van der Waals surface area contributed by atoms with Crippen molar-refractivity contribution in [1.82, 2.24) is 10.3 Å². The largest absolute Gasteiger partial charge is 0.477 e. The number of nitrogens with one attached hydrogen (secondary N) is 2. The first-order valence-corrected chi connectivity index (χ1v) is 4.82. The van der Waals surface area contributed by atoms with Gasteiger partial charge in [-0.1, -0.05) is 0 Å². The number of aromatic amines is 1. The van der Waals surface area contributed by atoms with Crippen LogP contribution in [0.4, 0.5) is 0 Å². The zero-order valence-electron chi connectivity index (χ0n) is 6.60. The minimum atomic E-state index is -0.910. The molecule has 1 aromatic heterocycles. The normalized spacial score (nSPS) is 14.4. The standard InChI is InChI=1S/C8H7IN2O2/c9-4-3-11-5-1-2-10-7(6(4)5)8(12)13/h1,3,10-11H,2H2,(H,12,13). The van der Waals surface area contributed by atoms with Crippen molar-refractivity contribution in [3.05, 3.63) is 20.3 Å². The summed E-state index contributed by atoms with van der Waals surface area (Å²) in [5.74, 6) is -0.910. The number of H-pyrrole nitrogens is 1. The summed E-state index contributed by atoms with van der Waals surface area (Å²) in [6.07, 6.45) is 3.74. The van der Waals surface area contributed by atoms with E-state index in [1.807, 2.05) is 6.08 Å². The van der Waals surface area contributed by atoms with Crippen LogP contribution in [0.5, 0.6) is 0 Å². The zero-order chi connectivity index (χ0) is 9.42. The number of aromatic nitrogens is 1. The highest BCUT2D eigenvalue weighted by molar-refractivity contribution is 14.1. The van der Waals surface area contributed by atoms with Gasteiger partial charge < -0.3 is 15.4 Å². The summed E-state index contributed by atoms with van der Waals surface area (Å²) in [5, 5.41) is 13.4. The number of halogens is 1. The first-order chi connectivity index (χ1) is 6.20. The van der Waals surface area contributed by atoms with Crippen LogP contribution in [0.15, 0.2) is 6.20 Å². The van der Waals surface area contributed by atoms with E-state index in [9.17, 15) is 4.79 Å². The molecule has 68 valence electrons. The fourth-order valence-corrected chi connectivity index (χ4v) is 2.07. The summed E-state index contributed by atoms with van der Waals surface area (Å²) in [6, 6.07) is 0. The smallest absolute Gasteiger partial charge is 0.352 e. The van der Waals surface area contributed by atoms with Gasteiger partial charge >= 0.3 is 5.97 Å². The summed E-state index contributed by atoms with van der Waals surface area (Å²) in [7, 11) is 0. The maximum absolute atomic E-state index is 10.8. The van der Waals surface area contributed by atoms with Crippen molar-refractivity contribution >= 4 is 40.3 Å². The van der Waals surface area contributed by atoms with Gasteiger partial charge in [-0.2, -0.15) is 0 Å². The Labute approximate surface area is 87.5 Å². The molecule has 0 spiro atoms. The maximum Gasteiger partial charge on any atom is 0.352 e. The lowest BCUT2D eigenvalue weighted by atomic mass is 10.2. The second kappa shape index (κ2) is 3.06. The van der Waals surface area contributed by atoms with Crippen molar-refractivity contribution in [2.24, 2.45) is 0 Å². The molecule has 5 heteroatoms. The van der Waals surface area contributed by atoms with Crippen LogP contribution in [0.2, 0.25) is 0 Å². The molecule has 0 bridgehead atoms. The minimum absolute atomic E-state index is 0.281. The van der Waals surface area contributed by atoms with Crippen LogP contribution in [-0.2, 0) is 4.79 Å². The van der Waals surface area contributed by atoms with Gasteiger partial charge in [0.25, 0.3) is 0 Å². The summed E-state index contributed by atoms with van der Waals surface area (Å²) >= 11 is 2.11. The Morgan fingerprint density at radius 1 is 1.62 bits per heavy atom. The molecular weight excluding hydrogens is 283 g/mol. The Morgan fingerprint density at radius 3 is 3.08 bits per heavy atom. The van der Waals surface area contributed by atoms with Gasteiger partial charge in [0.1, 0.15) is 5.70 Å².